The van der Waals surface area contributed by atoms with Crippen LogP contribution in [-0.4, -0.2) is 5.11 Å². The zero-order chi connectivity index (χ0) is 12.5. The van der Waals surface area contributed by atoms with Gasteiger partial charge in [0.2, 0.25) is 0 Å². The normalized spacial score (nSPS) is 23.4. The molecule has 0 bridgehead atoms. The molecule has 0 saturated heterocycles. The lowest BCUT2D eigenvalue weighted by Crippen LogP contribution is -2.14. The topological polar surface area (TPSA) is 20.2 Å². The van der Waals surface area contributed by atoms with E-state index >= 15 is 0 Å². The first-order chi connectivity index (χ1) is 8.22. The van der Waals surface area contributed by atoms with Crippen molar-refractivity contribution < 1.29 is 5.11 Å². The van der Waals surface area contributed by atoms with Crippen molar-refractivity contribution in [3.8, 4) is 0 Å². The zero-order valence-corrected chi connectivity index (χ0v) is 11.6. The molecule has 0 amide bonds. The van der Waals surface area contributed by atoms with Gasteiger partial charge in [-0.05, 0) is 18.8 Å². The minimum atomic E-state index is 0.290. The van der Waals surface area contributed by atoms with Gasteiger partial charge in [-0.1, -0.05) is 71.3 Å². The van der Waals surface area contributed by atoms with Crippen molar-refractivity contribution in [2.45, 2.75) is 77.6 Å². The van der Waals surface area contributed by atoms with E-state index in [2.05, 4.69) is 13.5 Å². The van der Waals surface area contributed by atoms with Crippen molar-refractivity contribution in [3.05, 3.63) is 12.3 Å². The van der Waals surface area contributed by atoms with Gasteiger partial charge >= 0.3 is 0 Å². The summed E-state index contributed by atoms with van der Waals surface area (Å²) >= 11 is 0. The van der Waals surface area contributed by atoms with Gasteiger partial charge in [0.05, 0.1) is 5.76 Å². The highest BCUT2D eigenvalue weighted by Gasteiger charge is 2.19. The summed E-state index contributed by atoms with van der Waals surface area (Å²) in [5.41, 5.74) is 0. The van der Waals surface area contributed by atoms with Crippen molar-refractivity contribution in [2.75, 3.05) is 0 Å². The van der Waals surface area contributed by atoms with E-state index < -0.39 is 0 Å². The predicted octanol–water partition coefficient (Wildman–Crippen LogP) is 5.62. The van der Waals surface area contributed by atoms with Crippen LogP contribution in [0.1, 0.15) is 77.6 Å². The van der Waals surface area contributed by atoms with Crippen LogP contribution in [0.5, 0.6) is 0 Å². The molecule has 1 heteroatoms. The molecule has 0 aromatic carbocycles. The summed E-state index contributed by atoms with van der Waals surface area (Å²) in [5, 5.41) is 9.57. The van der Waals surface area contributed by atoms with E-state index in [4.69, 9.17) is 0 Å². The van der Waals surface area contributed by atoms with E-state index in [1.54, 1.807) is 0 Å². The lowest BCUT2D eigenvalue weighted by molar-refractivity contribution is 0.245. The fourth-order valence-electron chi connectivity index (χ4n) is 2.97. The van der Waals surface area contributed by atoms with Gasteiger partial charge in [-0.15, -0.1) is 0 Å². The third-order valence-corrected chi connectivity index (χ3v) is 4.38. The van der Waals surface area contributed by atoms with Crippen LogP contribution >= 0.6 is 0 Å². The van der Waals surface area contributed by atoms with E-state index in [0.29, 0.717) is 11.7 Å². The Labute approximate surface area is 107 Å². The molecular formula is C16H30O. The largest absolute Gasteiger partial charge is 0.513 e. The van der Waals surface area contributed by atoms with Crippen LogP contribution in [0.15, 0.2) is 12.3 Å². The molecular weight excluding hydrogens is 208 g/mol. The van der Waals surface area contributed by atoms with Crippen LogP contribution in [0, 0.1) is 11.8 Å². The Bertz CT molecular complexity index is 198. The van der Waals surface area contributed by atoms with Gasteiger partial charge in [-0.3, -0.25) is 0 Å². The smallest absolute Gasteiger partial charge is 0.0881 e. The number of allylic oxidation sites excluding steroid dienone is 1. The van der Waals surface area contributed by atoms with E-state index in [-0.39, 0.29) is 5.92 Å². The summed E-state index contributed by atoms with van der Waals surface area (Å²) in [4.78, 5) is 0. The molecule has 1 saturated carbocycles. The Balaban J connectivity index is 2.39. The summed E-state index contributed by atoms with van der Waals surface area (Å²) < 4.78 is 0. The van der Waals surface area contributed by atoms with Crippen molar-refractivity contribution in [2.24, 2.45) is 11.8 Å². The van der Waals surface area contributed by atoms with Crippen molar-refractivity contribution in [1.29, 1.82) is 0 Å². The highest BCUT2D eigenvalue weighted by molar-refractivity contribution is 4.89. The van der Waals surface area contributed by atoms with Crippen LogP contribution in [0.25, 0.3) is 0 Å². The highest BCUT2D eigenvalue weighted by Crippen LogP contribution is 2.29. The summed E-state index contributed by atoms with van der Waals surface area (Å²) in [6.45, 7) is 5.85. The molecule has 0 radical (unpaired) electrons. The van der Waals surface area contributed by atoms with Crippen LogP contribution < -0.4 is 0 Å². The summed E-state index contributed by atoms with van der Waals surface area (Å²) in [6, 6.07) is 0. The fourth-order valence-corrected chi connectivity index (χ4v) is 2.97. The average Bonchev–Trinajstić information content (AvgIpc) is 2.29. The van der Waals surface area contributed by atoms with E-state index in [1.807, 2.05) is 0 Å². The van der Waals surface area contributed by atoms with Gasteiger partial charge in [-0.25, -0.2) is 0 Å². The molecule has 1 aliphatic rings. The van der Waals surface area contributed by atoms with Gasteiger partial charge in [0, 0.05) is 5.92 Å². The molecule has 1 fully saturated rings. The lowest BCUT2D eigenvalue weighted by atomic mass is 9.83. The molecule has 1 N–H and O–H groups in total. The average molecular weight is 238 g/mol. The van der Waals surface area contributed by atoms with Gasteiger partial charge in [-0.2, -0.15) is 0 Å². The van der Waals surface area contributed by atoms with Gasteiger partial charge < -0.3 is 5.11 Å². The summed E-state index contributed by atoms with van der Waals surface area (Å²) in [5.74, 6) is 1.34. The molecule has 0 spiro atoms. The third kappa shape index (κ3) is 6.14. The minimum Gasteiger partial charge on any atom is -0.513 e. The molecule has 17 heavy (non-hydrogen) atoms. The number of aliphatic hydroxyl groups excluding tert-OH is 1. The monoisotopic (exact) mass is 238 g/mol. The Hall–Kier alpha value is -0.460. The Morgan fingerprint density at radius 2 is 1.24 bits per heavy atom. The van der Waals surface area contributed by atoms with E-state index in [9.17, 15) is 5.11 Å². The zero-order valence-electron chi connectivity index (χ0n) is 11.6. The summed E-state index contributed by atoms with van der Waals surface area (Å²) in [6.07, 6.45) is 15.1. The SMILES string of the molecule is C=C(O)C(C)C1CCCCCCCCCCC1. The summed E-state index contributed by atoms with van der Waals surface area (Å²) in [7, 11) is 0. The third-order valence-electron chi connectivity index (χ3n) is 4.38. The molecule has 1 aliphatic carbocycles. The van der Waals surface area contributed by atoms with Gasteiger partial charge in [0.25, 0.3) is 0 Å². The highest BCUT2D eigenvalue weighted by atomic mass is 16.3. The van der Waals surface area contributed by atoms with E-state index in [0.717, 1.165) is 0 Å². The maximum absolute atomic E-state index is 9.57. The van der Waals surface area contributed by atoms with Gasteiger partial charge in [0.15, 0.2) is 0 Å². The molecule has 1 atom stereocenters. The van der Waals surface area contributed by atoms with Crippen molar-refractivity contribution in [3.63, 3.8) is 0 Å². The molecule has 1 unspecified atom stereocenters. The molecule has 1 nitrogen and oxygen atoms in total. The Morgan fingerprint density at radius 3 is 1.59 bits per heavy atom. The molecule has 0 heterocycles. The molecule has 100 valence electrons. The Kier molecular flexibility index (Phi) is 7.39. The fraction of sp³-hybridized carbons (Fsp3) is 0.875. The maximum atomic E-state index is 9.57. The number of hydrogen-bond donors (Lipinski definition) is 1. The van der Waals surface area contributed by atoms with Crippen LogP contribution in [-0.2, 0) is 0 Å². The quantitative estimate of drug-likeness (QED) is 0.619. The first-order valence-electron chi connectivity index (χ1n) is 7.59. The van der Waals surface area contributed by atoms with Crippen molar-refractivity contribution >= 4 is 0 Å². The molecule has 0 aromatic heterocycles. The lowest BCUT2D eigenvalue weighted by Gasteiger charge is -2.23. The first kappa shape index (κ1) is 14.6. The van der Waals surface area contributed by atoms with Crippen LogP contribution in [0.4, 0.5) is 0 Å². The second-order valence-electron chi connectivity index (χ2n) is 5.80. The minimum absolute atomic E-state index is 0.290. The molecule has 1 rings (SSSR count). The second kappa shape index (κ2) is 8.60. The van der Waals surface area contributed by atoms with Crippen LogP contribution in [0.3, 0.4) is 0 Å². The van der Waals surface area contributed by atoms with Crippen molar-refractivity contribution in [1.82, 2.24) is 0 Å². The standard InChI is InChI=1S/C16H30O/c1-14(15(2)17)16-12-10-8-6-4-3-5-7-9-11-13-16/h14,16-17H,2-13H2,1H3. The predicted molar refractivity (Wildman–Crippen MR) is 75.2 cm³/mol. The second-order valence-corrected chi connectivity index (χ2v) is 5.80. The Morgan fingerprint density at radius 1 is 0.882 bits per heavy atom. The van der Waals surface area contributed by atoms with Crippen LogP contribution in [0.2, 0.25) is 0 Å². The molecule has 0 aliphatic heterocycles. The first-order valence-corrected chi connectivity index (χ1v) is 7.59. The maximum Gasteiger partial charge on any atom is 0.0881 e. The number of rotatable bonds is 2. The molecule has 0 aromatic rings. The van der Waals surface area contributed by atoms with E-state index in [1.165, 1.54) is 70.6 Å². The number of aliphatic hydroxyl groups is 1. The number of hydrogen-bond acceptors (Lipinski definition) is 1. The van der Waals surface area contributed by atoms with Gasteiger partial charge in [0.1, 0.15) is 0 Å².